The maximum Gasteiger partial charge on any atom is 0.136 e. The third-order valence-electron chi connectivity index (χ3n) is 0.606. The zero-order valence-corrected chi connectivity index (χ0v) is 3.70. The molecule has 0 radical (unpaired) electrons. The summed E-state index contributed by atoms with van der Waals surface area (Å²) in [5.74, 6) is 0. The fraction of sp³-hybridized carbons (Fsp3) is 0.333. The molecular weight excluding hydrogens is 92.1 g/mol. The van der Waals surface area contributed by atoms with Crippen molar-refractivity contribution in [2.24, 2.45) is 15.8 Å². The van der Waals surface area contributed by atoms with E-state index in [0.717, 1.165) is 0 Å². The molecule has 0 fully saturated rings. The van der Waals surface area contributed by atoms with E-state index in [2.05, 4.69) is 15.5 Å². The highest BCUT2D eigenvalue weighted by Crippen LogP contribution is 1.75. The highest BCUT2D eigenvalue weighted by atomic mass is 15.3. The van der Waals surface area contributed by atoms with Gasteiger partial charge in [0.05, 0.1) is 6.21 Å². The maximum absolute atomic E-state index is 5.25. The van der Waals surface area contributed by atoms with Crippen molar-refractivity contribution < 1.29 is 0 Å². The van der Waals surface area contributed by atoms with E-state index in [1.54, 1.807) is 0 Å². The highest BCUT2D eigenvalue weighted by Gasteiger charge is 1.92. The summed E-state index contributed by atoms with van der Waals surface area (Å²) in [5, 5.41) is 3.61. The maximum atomic E-state index is 5.25. The SMILES string of the molecule is NC1C=NNC=N1. The first-order chi connectivity index (χ1) is 3.39. The van der Waals surface area contributed by atoms with Crippen LogP contribution in [0.25, 0.3) is 0 Å². The lowest BCUT2D eigenvalue weighted by atomic mass is 10.6. The van der Waals surface area contributed by atoms with Crippen LogP contribution in [0.5, 0.6) is 0 Å². The van der Waals surface area contributed by atoms with Gasteiger partial charge in [0.2, 0.25) is 0 Å². The minimum absolute atomic E-state index is 0.249. The van der Waals surface area contributed by atoms with Crippen molar-refractivity contribution in [1.82, 2.24) is 5.43 Å². The first kappa shape index (κ1) is 4.26. The molecule has 1 unspecified atom stereocenters. The van der Waals surface area contributed by atoms with Crippen molar-refractivity contribution in [1.29, 1.82) is 0 Å². The molecule has 1 aliphatic heterocycles. The number of nitrogens with two attached hydrogens (primary N) is 1. The smallest absolute Gasteiger partial charge is 0.136 e. The molecule has 4 heteroatoms. The second-order valence-corrected chi connectivity index (χ2v) is 1.18. The number of hydrogen-bond acceptors (Lipinski definition) is 4. The van der Waals surface area contributed by atoms with Crippen LogP contribution in [0.15, 0.2) is 10.1 Å². The first-order valence-corrected chi connectivity index (χ1v) is 1.95. The van der Waals surface area contributed by atoms with Gasteiger partial charge in [0, 0.05) is 0 Å². The Hall–Kier alpha value is -0.900. The van der Waals surface area contributed by atoms with Crippen LogP contribution in [0.1, 0.15) is 0 Å². The van der Waals surface area contributed by atoms with Crippen LogP contribution in [-0.2, 0) is 0 Å². The van der Waals surface area contributed by atoms with Gasteiger partial charge in [0.1, 0.15) is 12.5 Å². The van der Waals surface area contributed by atoms with Gasteiger partial charge in [-0.1, -0.05) is 0 Å². The molecule has 0 aliphatic carbocycles. The zero-order valence-electron chi connectivity index (χ0n) is 3.70. The van der Waals surface area contributed by atoms with E-state index in [4.69, 9.17) is 5.73 Å². The molecule has 3 N–H and O–H groups in total. The average Bonchev–Trinajstić information content (AvgIpc) is 1.69. The monoisotopic (exact) mass is 98.1 g/mol. The van der Waals surface area contributed by atoms with Crippen LogP contribution in [0.3, 0.4) is 0 Å². The van der Waals surface area contributed by atoms with Crippen LogP contribution in [0.2, 0.25) is 0 Å². The Labute approximate surface area is 41.1 Å². The second-order valence-electron chi connectivity index (χ2n) is 1.18. The number of aliphatic imine (C=N–C) groups is 1. The summed E-state index contributed by atoms with van der Waals surface area (Å²) in [5.41, 5.74) is 7.76. The molecule has 4 nitrogen and oxygen atoms in total. The van der Waals surface area contributed by atoms with Crippen molar-refractivity contribution in [3.63, 3.8) is 0 Å². The van der Waals surface area contributed by atoms with Crippen LogP contribution < -0.4 is 11.2 Å². The molecule has 1 aliphatic rings. The topological polar surface area (TPSA) is 62.8 Å². The zero-order chi connectivity index (χ0) is 5.11. The van der Waals surface area contributed by atoms with Crippen molar-refractivity contribution in [3.8, 4) is 0 Å². The van der Waals surface area contributed by atoms with E-state index in [-0.39, 0.29) is 6.17 Å². The van der Waals surface area contributed by atoms with Gasteiger partial charge in [0.25, 0.3) is 0 Å². The second kappa shape index (κ2) is 1.70. The molecule has 0 bridgehead atoms. The molecule has 38 valence electrons. The summed E-state index contributed by atoms with van der Waals surface area (Å²) in [6, 6.07) is 0. The van der Waals surface area contributed by atoms with E-state index >= 15 is 0 Å². The predicted molar refractivity (Wildman–Crippen MR) is 28.1 cm³/mol. The Morgan fingerprint density at radius 1 is 1.71 bits per heavy atom. The summed E-state index contributed by atoms with van der Waals surface area (Å²) >= 11 is 0. The highest BCUT2D eigenvalue weighted by molar-refractivity contribution is 5.71. The van der Waals surface area contributed by atoms with Crippen molar-refractivity contribution in [2.75, 3.05) is 0 Å². The van der Waals surface area contributed by atoms with Crippen molar-refractivity contribution in [3.05, 3.63) is 0 Å². The van der Waals surface area contributed by atoms with Gasteiger partial charge in [0.15, 0.2) is 0 Å². The van der Waals surface area contributed by atoms with Gasteiger partial charge in [-0.05, 0) is 0 Å². The van der Waals surface area contributed by atoms with Gasteiger partial charge in [-0.15, -0.1) is 0 Å². The Balaban J connectivity index is 2.49. The molecule has 1 heterocycles. The molecule has 1 atom stereocenters. The standard InChI is InChI=1S/C3H6N4/c4-3-1-6-7-2-5-3/h1-3H,4H2,(H,5,7). The Kier molecular flexibility index (Phi) is 1.04. The van der Waals surface area contributed by atoms with Crippen molar-refractivity contribution in [2.45, 2.75) is 6.17 Å². The van der Waals surface area contributed by atoms with Crippen LogP contribution in [-0.4, -0.2) is 18.7 Å². The summed E-state index contributed by atoms with van der Waals surface area (Å²) in [6.07, 6.45) is 2.74. The minimum atomic E-state index is -0.249. The third kappa shape index (κ3) is 0.972. The van der Waals surface area contributed by atoms with Crippen molar-refractivity contribution >= 4 is 12.6 Å². The molecule has 1 rings (SSSR count). The van der Waals surface area contributed by atoms with E-state index in [1.165, 1.54) is 12.6 Å². The number of rotatable bonds is 0. The van der Waals surface area contributed by atoms with E-state index in [0.29, 0.717) is 0 Å². The van der Waals surface area contributed by atoms with Gasteiger partial charge in [-0.25, -0.2) is 4.99 Å². The average molecular weight is 98.1 g/mol. The lowest BCUT2D eigenvalue weighted by Crippen LogP contribution is -2.25. The Morgan fingerprint density at radius 2 is 2.57 bits per heavy atom. The summed E-state index contributed by atoms with van der Waals surface area (Å²) in [7, 11) is 0. The quantitative estimate of drug-likeness (QED) is 0.403. The van der Waals surface area contributed by atoms with E-state index in [1.807, 2.05) is 0 Å². The molecule has 7 heavy (non-hydrogen) atoms. The summed E-state index contributed by atoms with van der Waals surface area (Å²) in [4.78, 5) is 3.72. The molecule has 0 amide bonds. The Morgan fingerprint density at radius 3 is 2.86 bits per heavy atom. The molecule has 0 saturated carbocycles. The van der Waals surface area contributed by atoms with E-state index < -0.39 is 0 Å². The lowest BCUT2D eigenvalue weighted by molar-refractivity contribution is 0.877. The third-order valence-corrected chi connectivity index (χ3v) is 0.606. The largest absolute Gasteiger partial charge is 0.305 e. The molecular formula is C3H6N4. The summed E-state index contributed by atoms with van der Waals surface area (Å²) in [6.45, 7) is 0. The number of hydrazone groups is 1. The lowest BCUT2D eigenvalue weighted by Gasteiger charge is -2.01. The Bertz CT molecular complexity index is 93.5. The van der Waals surface area contributed by atoms with Gasteiger partial charge < -0.3 is 5.73 Å². The molecule has 0 saturated heterocycles. The summed E-state index contributed by atoms with van der Waals surface area (Å²) < 4.78 is 0. The minimum Gasteiger partial charge on any atom is -0.305 e. The molecule has 0 spiro atoms. The fourth-order valence-corrected chi connectivity index (χ4v) is 0.311. The van der Waals surface area contributed by atoms with Crippen LogP contribution in [0.4, 0.5) is 0 Å². The molecule has 0 aromatic heterocycles. The number of nitrogens with zero attached hydrogens (tertiary/aromatic N) is 2. The van der Waals surface area contributed by atoms with Crippen LogP contribution in [0, 0.1) is 0 Å². The number of hydrogen-bond donors (Lipinski definition) is 2. The molecule has 0 aromatic rings. The van der Waals surface area contributed by atoms with Gasteiger partial charge in [-0.2, -0.15) is 5.10 Å². The normalized spacial score (nSPS) is 27.3. The predicted octanol–water partition coefficient (Wildman–Crippen LogP) is -1.11. The van der Waals surface area contributed by atoms with Crippen LogP contribution >= 0.6 is 0 Å². The van der Waals surface area contributed by atoms with E-state index in [9.17, 15) is 0 Å². The first-order valence-electron chi connectivity index (χ1n) is 1.95. The number of nitrogens with one attached hydrogen (secondary N) is 1. The fourth-order valence-electron chi connectivity index (χ4n) is 0.311. The van der Waals surface area contributed by atoms with Gasteiger partial charge in [-0.3, -0.25) is 5.43 Å². The van der Waals surface area contributed by atoms with Gasteiger partial charge >= 0.3 is 0 Å². The molecule has 0 aromatic carbocycles.